The maximum Gasteiger partial charge on any atom is 0.236 e. The number of nitrogens with zero attached hydrogens (tertiary/aromatic N) is 2. The van der Waals surface area contributed by atoms with E-state index in [1.54, 1.807) is 4.90 Å². The van der Waals surface area contributed by atoms with Gasteiger partial charge in [0.2, 0.25) is 5.91 Å². The highest BCUT2D eigenvalue weighted by atomic mass is 16.5. The summed E-state index contributed by atoms with van der Waals surface area (Å²) in [6.07, 6.45) is 6.36. The first kappa shape index (κ1) is 16.1. The van der Waals surface area contributed by atoms with Crippen molar-refractivity contribution in [2.45, 2.75) is 44.9 Å². The van der Waals surface area contributed by atoms with Crippen molar-refractivity contribution in [1.82, 2.24) is 4.90 Å². The van der Waals surface area contributed by atoms with Gasteiger partial charge < -0.3 is 20.6 Å². The number of nitrogens with two attached hydrogens (primary N) is 1. The van der Waals surface area contributed by atoms with Crippen LogP contribution in [0, 0.1) is 11.3 Å². The summed E-state index contributed by atoms with van der Waals surface area (Å²) in [6, 6.07) is 0. The molecule has 0 atom stereocenters. The van der Waals surface area contributed by atoms with Gasteiger partial charge in [-0.25, -0.2) is 0 Å². The molecule has 120 valence electrons. The van der Waals surface area contributed by atoms with Gasteiger partial charge in [0.15, 0.2) is 5.84 Å². The molecule has 2 fully saturated rings. The molecule has 1 heterocycles. The molecular weight excluding hydrogens is 270 g/mol. The van der Waals surface area contributed by atoms with Gasteiger partial charge in [0.25, 0.3) is 0 Å². The Hall–Kier alpha value is -1.30. The number of oxime groups is 1. The zero-order chi connectivity index (χ0) is 15.3. The summed E-state index contributed by atoms with van der Waals surface area (Å²) < 4.78 is 5.36. The molecule has 1 saturated heterocycles. The minimum absolute atomic E-state index is 0.00370. The second-order valence-corrected chi connectivity index (χ2v) is 6.37. The lowest BCUT2D eigenvalue weighted by Gasteiger charge is -2.38. The van der Waals surface area contributed by atoms with Crippen LogP contribution in [0.25, 0.3) is 0 Å². The molecule has 6 nitrogen and oxygen atoms in total. The van der Waals surface area contributed by atoms with E-state index in [2.05, 4.69) is 5.16 Å². The first-order valence-corrected chi connectivity index (χ1v) is 7.91. The number of rotatable bonds is 4. The molecule has 1 aliphatic heterocycles. The van der Waals surface area contributed by atoms with Gasteiger partial charge >= 0.3 is 0 Å². The lowest BCUT2D eigenvalue weighted by Crippen LogP contribution is -2.52. The Balaban J connectivity index is 2.06. The quantitative estimate of drug-likeness (QED) is 0.357. The summed E-state index contributed by atoms with van der Waals surface area (Å²) in [6.45, 7) is 2.28. The Morgan fingerprint density at radius 3 is 2.52 bits per heavy atom. The van der Waals surface area contributed by atoms with Gasteiger partial charge in [0, 0.05) is 26.8 Å². The first-order valence-electron chi connectivity index (χ1n) is 7.91. The van der Waals surface area contributed by atoms with Crippen LogP contribution in [0.5, 0.6) is 0 Å². The average molecular weight is 297 g/mol. The van der Waals surface area contributed by atoms with Crippen molar-refractivity contribution in [3.05, 3.63) is 0 Å². The molecule has 0 aromatic carbocycles. The third kappa shape index (κ3) is 3.48. The highest BCUT2D eigenvalue weighted by Crippen LogP contribution is 2.38. The Morgan fingerprint density at radius 2 is 1.95 bits per heavy atom. The monoisotopic (exact) mass is 297 g/mol. The minimum atomic E-state index is -0.799. The lowest BCUT2D eigenvalue weighted by atomic mass is 9.72. The Morgan fingerprint density at radius 1 is 1.33 bits per heavy atom. The molecule has 0 aromatic heterocycles. The number of amides is 1. The zero-order valence-corrected chi connectivity index (χ0v) is 12.9. The number of amidine groups is 1. The molecule has 2 aliphatic rings. The van der Waals surface area contributed by atoms with E-state index in [1.165, 1.54) is 0 Å². The fraction of sp³-hybridized carbons (Fsp3) is 0.867. The predicted octanol–water partition coefficient (Wildman–Crippen LogP) is 1.57. The van der Waals surface area contributed by atoms with Crippen molar-refractivity contribution in [3.8, 4) is 0 Å². The van der Waals surface area contributed by atoms with Gasteiger partial charge in [-0.3, -0.25) is 4.79 Å². The maximum absolute atomic E-state index is 12.9. The normalized spacial score (nSPS) is 23.8. The van der Waals surface area contributed by atoms with Crippen molar-refractivity contribution in [3.63, 3.8) is 0 Å². The summed E-state index contributed by atoms with van der Waals surface area (Å²) in [5.74, 6) is 0.565. The Bertz CT molecular complexity index is 386. The smallest absolute Gasteiger partial charge is 0.236 e. The summed E-state index contributed by atoms with van der Waals surface area (Å²) >= 11 is 0. The number of carbonyl (C=O) groups is 1. The molecule has 0 radical (unpaired) electrons. The van der Waals surface area contributed by atoms with Crippen molar-refractivity contribution >= 4 is 11.7 Å². The molecule has 0 bridgehead atoms. The van der Waals surface area contributed by atoms with E-state index in [0.29, 0.717) is 18.8 Å². The summed E-state index contributed by atoms with van der Waals surface area (Å²) in [5, 5.41) is 12.2. The van der Waals surface area contributed by atoms with E-state index in [0.717, 1.165) is 51.9 Å². The van der Waals surface area contributed by atoms with Gasteiger partial charge in [-0.2, -0.15) is 0 Å². The number of ether oxygens (including phenoxy) is 1. The second kappa shape index (κ2) is 7.11. The van der Waals surface area contributed by atoms with Crippen LogP contribution < -0.4 is 5.73 Å². The largest absolute Gasteiger partial charge is 0.409 e. The van der Waals surface area contributed by atoms with Crippen LogP contribution in [0.15, 0.2) is 5.16 Å². The SMILES string of the molecule is CN(CC1CCOCC1)C(=O)C1(C(N)=NO)CCCCC1. The van der Waals surface area contributed by atoms with Crippen molar-refractivity contribution in [2.24, 2.45) is 22.2 Å². The molecule has 1 saturated carbocycles. The summed E-state index contributed by atoms with van der Waals surface area (Å²) in [4.78, 5) is 14.7. The molecule has 3 N–H and O–H groups in total. The molecule has 6 heteroatoms. The second-order valence-electron chi connectivity index (χ2n) is 6.37. The van der Waals surface area contributed by atoms with Crippen LogP contribution in [0.4, 0.5) is 0 Å². The molecule has 0 spiro atoms. The molecule has 0 aromatic rings. The highest BCUT2D eigenvalue weighted by molar-refractivity contribution is 6.06. The van der Waals surface area contributed by atoms with Crippen molar-refractivity contribution < 1.29 is 14.7 Å². The van der Waals surface area contributed by atoms with Gasteiger partial charge in [-0.1, -0.05) is 24.4 Å². The molecule has 2 rings (SSSR count). The maximum atomic E-state index is 12.9. The Labute approximate surface area is 126 Å². The van der Waals surface area contributed by atoms with Crippen LogP contribution in [-0.2, 0) is 9.53 Å². The van der Waals surface area contributed by atoms with Crippen LogP contribution in [0.3, 0.4) is 0 Å². The third-order valence-electron chi connectivity index (χ3n) is 4.93. The van der Waals surface area contributed by atoms with E-state index < -0.39 is 5.41 Å². The topological polar surface area (TPSA) is 88.2 Å². The predicted molar refractivity (Wildman–Crippen MR) is 80.1 cm³/mol. The van der Waals surface area contributed by atoms with E-state index in [4.69, 9.17) is 15.7 Å². The first-order chi connectivity index (χ1) is 10.1. The number of hydrogen-bond acceptors (Lipinski definition) is 4. The molecule has 1 amide bonds. The summed E-state index contributed by atoms with van der Waals surface area (Å²) in [5.41, 5.74) is 5.09. The van der Waals surface area contributed by atoms with Gasteiger partial charge in [-0.05, 0) is 31.6 Å². The molecule has 1 aliphatic carbocycles. The zero-order valence-electron chi connectivity index (χ0n) is 12.9. The Kier molecular flexibility index (Phi) is 5.45. The molecular formula is C15H27N3O3. The fourth-order valence-electron chi connectivity index (χ4n) is 3.60. The lowest BCUT2D eigenvalue weighted by molar-refractivity contribution is -0.139. The number of carbonyl (C=O) groups excluding carboxylic acids is 1. The third-order valence-corrected chi connectivity index (χ3v) is 4.93. The molecule has 21 heavy (non-hydrogen) atoms. The fourth-order valence-corrected chi connectivity index (χ4v) is 3.60. The van der Waals surface area contributed by atoms with Gasteiger partial charge in [0.1, 0.15) is 5.41 Å². The van der Waals surface area contributed by atoms with Crippen molar-refractivity contribution in [2.75, 3.05) is 26.8 Å². The number of hydrogen-bond donors (Lipinski definition) is 2. The van der Waals surface area contributed by atoms with E-state index in [-0.39, 0.29) is 11.7 Å². The van der Waals surface area contributed by atoms with E-state index >= 15 is 0 Å². The van der Waals surface area contributed by atoms with Crippen molar-refractivity contribution in [1.29, 1.82) is 0 Å². The highest BCUT2D eigenvalue weighted by Gasteiger charge is 2.45. The van der Waals surface area contributed by atoms with Crippen LogP contribution in [0.1, 0.15) is 44.9 Å². The van der Waals surface area contributed by atoms with Crippen LogP contribution in [0.2, 0.25) is 0 Å². The van der Waals surface area contributed by atoms with Crippen LogP contribution >= 0.6 is 0 Å². The minimum Gasteiger partial charge on any atom is -0.409 e. The standard InChI is InChI=1S/C15H27N3O3/c1-18(11-12-5-9-21-10-6-12)14(19)15(13(16)17-20)7-3-2-4-8-15/h12,20H,2-11H2,1H3,(H2,16,17). The van der Waals surface area contributed by atoms with Gasteiger partial charge in [0.05, 0.1) is 0 Å². The average Bonchev–Trinajstić information content (AvgIpc) is 2.54. The van der Waals surface area contributed by atoms with E-state index in [9.17, 15) is 4.79 Å². The summed E-state index contributed by atoms with van der Waals surface area (Å²) in [7, 11) is 1.83. The molecule has 0 unspecified atom stereocenters. The van der Waals surface area contributed by atoms with Crippen LogP contribution in [-0.4, -0.2) is 48.7 Å². The van der Waals surface area contributed by atoms with E-state index in [1.807, 2.05) is 7.05 Å². The van der Waals surface area contributed by atoms with Gasteiger partial charge in [-0.15, -0.1) is 0 Å².